The van der Waals surface area contributed by atoms with Gasteiger partial charge in [0.1, 0.15) is 0 Å². The number of benzene rings is 2. The molecule has 0 heterocycles. The molecule has 0 fully saturated rings. The molecule has 0 aliphatic heterocycles. The Hall–Kier alpha value is -2.44. The minimum absolute atomic E-state index is 0.172. The van der Waals surface area contributed by atoms with Crippen LogP contribution in [0.2, 0.25) is 0 Å². The van der Waals surface area contributed by atoms with Crippen molar-refractivity contribution in [2.45, 2.75) is 18.4 Å². The minimum atomic E-state index is -3.62. The Kier molecular flexibility index (Phi) is 6.50. The zero-order chi connectivity index (χ0) is 18.3. The summed E-state index contributed by atoms with van der Waals surface area (Å²) in [5, 5.41) is 2.66. The van der Waals surface area contributed by atoms with Gasteiger partial charge in [-0.25, -0.2) is 8.42 Å². The number of rotatable bonds is 8. The van der Waals surface area contributed by atoms with Crippen molar-refractivity contribution < 1.29 is 13.2 Å². The fourth-order valence-corrected chi connectivity index (χ4v) is 3.79. The standard InChI is InChI=1S/C19H22N2O3S/c1-3-14-20-19(22)17-10-12-18(13-11-17)25(23,24)21(4-2)15-16-8-6-5-7-9-16/h3,5-13H,1,4,14-15H2,2H3,(H,20,22). The lowest BCUT2D eigenvalue weighted by molar-refractivity contribution is 0.0958. The second kappa shape index (κ2) is 8.60. The summed E-state index contributed by atoms with van der Waals surface area (Å²) >= 11 is 0. The summed E-state index contributed by atoms with van der Waals surface area (Å²) in [6.07, 6.45) is 1.58. The van der Waals surface area contributed by atoms with E-state index in [9.17, 15) is 13.2 Å². The highest BCUT2D eigenvalue weighted by atomic mass is 32.2. The van der Waals surface area contributed by atoms with Crippen LogP contribution in [0, 0.1) is 0 Å². The van der Waals surface area contributed by atoms with Gasteiger partial charge in [-0.1, -0.05) is 43.3 Å². The van der Waals surface area contributed by atoms with Crippen molar-refractivity contribution >= 4 is 15.9 Å². The molecule has 0 aromatic heterocycles. The molecule has 2 aromatic carbocycles. The molecule has 0 unspecified atom stereocenters. The first-order chi connectivity index (χ1) is 12.0. The largest absolute Gasteiger partial charge is 0.349 e. The minimum Gasteiger partial charge on any atom is -0.349 e. The van der Waals surface area contributed by atoms with Gasteiger partial charge in [0.25, 0.3) is 5.91 Å². The topological polar surface area (TPSA) is 66.5 Å². The molecule has 0 aliphatic carbocycles. The van der Waals surface area contributed by atoms with E-state index in [0.717, 1.165) is 5.56 Å². The molecule has 2 rings (SSSR count). The van der Waals surface area contributed by atoms with Crippen LogP contribution < -0.4 is 5.32 Å². The fraction of sp³-hybridized carbons (Fsp3) is 0.211. The van der Waals surface area contributed by atoms with E-state index in [1.807, 2.05) is 30.3 Å². The number of nitrogens with one attached hydrogen (secondary N) is 1. The van der Waals surface area contributed by atoms with Gasteiger partial charge in [0.2, 0.25) is 10.0 Å². The van der Waals surface area contributed by atoms with Gasteiger partial charge in [0.05, 0.1) is 4.90 Å². The monoisotopic (exact) mass is 358 g/mol. The number of nitrogens with zero attached hydrogens (tertiary/aromatic N) is 1. The van der Waals surface area contributed by atoms with E-state index in [-0.39, 0.29) is 10.8 Å². The number of sulfonamides is 1. The predicted octanol–water partition coefficient (Wildman–Crippen LogP) is 2.81. The molecule has 0 saturated carbocycles. The third-order valence-electron chi connectivity index (χ3n) is 3.72. The van der Waals surface area contributed by atoms with E-state index >= 15 is 0 Å². The van der Waals surface area contributed by atoms with Crippen molar-refractivity contribution in [3.8, 4) is 0 Å². The Morgan fingerprint density at radius 2 is 1.76 bits per heavy atom. The molecule has 1 N–H and O–H groups in total. The number of hydrogen-bond acceptors (Lipinski definition) is 3. The van der Waals surface area contributed by atoms with Gasteiger partial charge in [-0.2, -0.15) is 4.31 Å². The van der Waals surface area contributed by atoms with E-state index in [1.54, 1.807) is 13.0 Å². The van der Waals surface area contributed by atoms with Crippen LogP contribution in [0.25, 0.3) is 0 Å². The van der Waals surface area contributed by atoms with E-state index in [2.05, 4.69) is 11.9 Å². The zero-order valence-electron chi connectivity index (χ0n) is 14.2. The number of hydrogen-bond donors (Lipinski definition) is 1. The molecule has 25 heavy (non-hydrogen) atoms. The summed E-state index contributed by atoms with van der Waals surface area (Å²) in [6.45, 7) is 6.37. The van der Waals surface area contributed by atoms with Crippen LogP contribution in [0.15, 0.2) is 72.1 Å². The molecule has 0 saturated heterocycles. The van der Waals surface area contributed by atoms with E-state index in [1.165, 1.54) is 28.6 Å². The Morgan fingerprint density at radius 1 is 1.12 bits per heavy atom. The maximum Gasteiger partial charge on any atom is 0.251 e. The van der Waals surface area contributed by atoms with E-state index < -0.39 is 10.0 Å². The number of amides is 1. The van der Waals surface area contributed by atoms with Crippen LogP contribution in [0.5, 0.6) is 0 Å². The van der Waals surface area contributed by atoms with Gasteiger partial charge in [0.15, 0.2) is 0 Å². The fourth-order valence-electron chi connectivity index (χ4n) is 2.35. The first kappa shape index (κ1) is 18.9. The van der Waals surface area contributed by atoms with E-state index in [4.69, 9.17) is 0 Å². The van der Waals surface area contributed by atoms with Gasteiger partial charge < -0.3 is 5.32 Å². The van der Waals surface area contributed by atoms with Crippen LogP contribution in [0.1, 0.15) is 22.8 Å². The average Bonchev–Trinajstić information content (AvgIpc) is 2.65. The van der Waals surface area contributed by atoms with Crippen LogP contribution >= 0.6 is 0 Å². The molecule has 0 bridgehead atoms. The summed E-state index contributed by atoms with van der Waals surface area (Å²) in [5.74, 6) is -0.263. The number of carbonyl (C=O) groups is 1. The molecular formula is C19H22N2O3S. The number of carbonyl (C=O) groups excluding carboxylic acids is 1. The highest BCUT2D eigenvalue weighted by Crippen LogP contribution is 2.19. The Balaban J connectivity index is 2.19. The Labute approximate surface area is 149 Å². The first-order valence-electron chi connectivity index (χ1n) is 8.02. The van der Waals surface area contributed by atoms with Gasteiger partial charge in [-0.15, -0.1) is 6.58 Å². The van der Waals surface area contributed by atoms with Crippen LogP contribution in [0.3, 0.4) is 0 Å². The molecule has 0 atom stereocenters. The van der Waals surface area contributed by atoms with Crippen LogP contribution in [-0.4, -0.2) is 31.7 Å². The lowest BCUT2D eigenvalue weighted by Crippen LogP contribution is -2.30. The summed E-state index contributed by atoms with van der Waals surface area (Å²) in [7, 11) is -3.62. The average molecular weight is 358 g/mol. The van der Waals surface area contributed by atoms with Gasteiger partial charge in [-0.05, 0) is 29.8 Å². The van der Waals surface area contributed by atoms with Crippen molar-refractivity contribution in [2.24, 2.45) is 0 Å². The molecule has 132 valence electrons. The summed E-state index contributed by atoms with van der Waals surface area (Å²) in [6, 6.07) is 15.4. The summed E-state index contributed by atoms with van der Waals surface area (Å²) in [4.78, 5) is 12.0. The van der Waals surface area contributed by atoms with Gasteiger partial charge >= 0.3 is 0 Å². The molecule has 5 nitrogen and oxygen atoms in total. The maximum atomic E-state index is 12.8. The third kappa shape index (κ3) is 4.78. The summed E-state index contributed by atoms with van der Waals surface area (Å²) < 4.78 is 27.1. The molecule has 0 radical (unpaired) electrons. The third-order valence-corrected chi connectivity index (χ3v) is 5.65. The normalized spacial score (nSPS) is 11.3. The SMILES string of the molecule is C=CCNC(=O)c1ccc(S(=O)(=O)N(CC)Cc2ccccc2)cc1. The van der Waals surface area contributed by atoms with Crippen molar-refractivity contribution in [1.82, 2.24) is 9.62 Å². The van der Waals surface area contributed by atoms with Crippen molar-refractivity contribution in [3.63, 3.8) is 0 Å². The smallest absolute Gasteiger partial charge is 0.251 e. The van der Waals surface area contributed by atoms with Crippen LogP contribution in [-0.2, 0) is 16.6 Å². The predicted molar refractivity (Wildman–Crippen MR) is 98.7 cm³/mol. The molecule has 6 heteroatoms. The Bertz CT molecular complexity index is 816. The van der Waals surface area contributed by atoms with Gasteiger partial charge in [0, 0.05) is 25.2 Å². The lowest BCUT2D eigenvalue weighted by Gasteiger charge is -2.20. The van der Waals surface area contributed by atoms with Crippen LogP contribution in [0.4, 0.5) is 0 Å². The highest BCUT2D eigenvalue weighted by Gasteiger charge is 2.23. The zero-order valence-corrected chi connectivity index (χ0v) is 15.0. The first-order valence-corrected chi connectivity index (χ1v) is 9.46. The lowest BCUT2D eigenvalue weighted by atomic mass is 10.2. The second-order valence-corrected chi connectivity index (χ2v) is 7.38. The Morgan fingerprint density at radius 3 is 2.32 bits per heavy atom. The molecule has 0 spiro atoms. The summed E-state index contributed by atoms with van der Waals surface area (Å²) in [5.41, 5.74) is 1.33. The van der Waals surface area contributed by atoms with Gasteiger partial charge in [-0.3, -0.25) is 4.79 Å². The molecular weight excluding hydrogens is 336 g/mol. The quantitative estimate of drug-likeness (QED) is 0.738. The molecule has 2 aromatic rings. The van der Waals surface area contributed by atoms with Crippen molar-refractivity contribution in [2.75, 3.05) is 13.1 Å². The van der Waals surface area contributed by atoms with E-state index in [0.29, 0.717) is 25.2 Å². The molecule has 1 amide bonds. The maximum absolute atomic E-state index is 12.8. The van der Waals surface area contributed by atoms with Crippen molar-refractivity contribution in [1.29, 1.82) is 0 Å². The van der Waals surface area contributed by atoms with Crippen molar-refractivity contribution in [3.05, 3.63) is 78.4 Å². The highest BCUT2D eigenvalue weighted by molar-refractivity contribution is 7.89. The second-order valence-electron chi connectivity index (χ2n) is 5.44. The molecule has 0 aliphatic rings.